The topological polar surface area (TPSA) is 49.3 Å². The van der Waals surface area contributed by atoms with Gasteiger partial charge in [0.1, 0.15) is 5.75 Å². The molecule has 108 valence electrons. The van der Waals surface area contributed by atoms with Crippen molar-refractivity contribution in [3.8, 4) is 5.75 Å². The zero-order valence-corrected chi connectivity index (χ0v) is 13.3. The van der Waals surface area contributed by atoms with Crippen molar-refractivity contribution < 1.29 is 9.90 Å². The number of hydrogen-bond acceptors (Lipinski definition) is 2. The Morgan fingerprint density at radius 2 is 2.00 bits per heavy atom. The zero-order chi connectivity index (χ0) is 15.0. The van der Waals surface area contributed by atoms with Crippen LogP contribution in [0.3, 0.4) is 0 Å². The highest BCUT2D eigenvalue weighted by Gasteiger charge is 2.51. The van der Waals surface area contributed by atoms with Crippen LogP contribution in [0.2, 0.25) is 0 Å². The fraction of sp³-hybridized carbons (Fsp3) is 0.235. The molecule has 2 N–H and O–H groups in total. The minimum absolute atomic E-state index is 0.0558. The molecule has 1 saturated carbocycles. The maximum atomic E-state index is 12.6. The fourth-order valence-electron chi connectivity index (χ4n) is 2.55. The first-order valence-corrected chi connectivity index (χ1v) is 7.68. The Labute approximate surface area is 132 Å². The van der Waals surface area contributed by atoms with Crippen LogP contribution < -0.4 is 5.32 Å². The van der Waals surface area contributed by atoms with Gasteiger partial charge in [-0.05, 0) is 55.2 Å². The van der Waals surface area contributed by atoms with Crippen LogP contribution in [0.5, 0.6) is 5.75 Å². The molecule has 3 nitrogen and oxygen atoms in total. The van der Waals surface area contributed by atoms with Gasteiger partial charge in [-0.2, -0.15) is 0 Å². The average molecular weight is 346 g/mol. The summed E-state index contributed by atoms with van der Waals surface area (Å²) >= 11 is 3.45. The molecule has 1 aliphatic rings. The summed E-state index contributed by atoms with van der Waals surface area (Å²) in [4.78, 5) is 12.6. The summed E-state index contributed by atoms with van der Waals surface area (Å²) < 4.78 is 0.970. The molecular weight excluding hydrogens is 330 g/mol. The predicted molar refractivity (Wildman–Crippen MR) is 86.5 cm³/mol. The molecular formula is C17H16BrNO2. The second kappa shape index (κ2) is 5.19. The molecule has 0 radical (unpaired) electrons. The lowest BCUT2D eigenvalue weighted by Crippen LogP contribution is -2.27. The minimum atomic E-state index is -0.457. The molecule has 0 bridgehead atoms. The largest absolute Gasteiger partial charge is 0.506 e. The van der Waals surface area contributed by atoms with Crippen LogP contribution in [-0.2, 0) is 10.2 Å². The van der Waals surface area contributed by atoms with Crippen molar-refractivity contribution >= 4 is 27.5 Å². The number of anilines is 1. The summed E-state index contributed by atoms with van der Waals surface area (Å²) in [6.07, 6.45) is 1.67. The normalized spacial score (nSPS) is 15.5. The van der Waals surface area contributed by atoms with Crippen LogP contribution >= 0.6 is 15.9 Å². The van der Waals surface area contributed by atoms with Crippen molar-refractivity contribution in [3.63, 3.8) is 0 Å². The highest BCUT2D eigenvalue weighted by atomic mass is 79.9. The predicted octanol–water partition coefficient (Wildman–Crippen LogP) is 4.13. The Kier molecular flexibility index (Phi) is 3.49. The number of hydrogen-bond donors (Lipinski definition) is 2. The molecule has 0 heterocycles. The smallest absolute Gasteiger partial charge is 0.235 e. The van der Waals surface area contributed by atoms with Crippen LogP contribution in [0.25, 0.3) is 0 Å². The lowest BCUT2D eigenvalue weighted by Gasteiger charge is -2.17. The maximum absolute atomic E-state index is 12.6. The van der Waals surface area contributed by atoms with E-state index in [2.05, 4.69) is 21.2 Å². The second-order valence-electron chi connectivity index (χ2n) is 5.57. The molecule has 4 heteroatoms. The van der Waals surface area contributed by atoms with Crippen LogP contribution in [0.1, 0.15) is 24.0 Å². The number of nitrogens with one attached hydrogen (secondary N) is 1. The number of rotatable bonds is 3. The van der Waals surface area contributed by atoms with Gasteiger partial charge in [-0.3, -0.25) is 4.79 Å². The third-order valence-corrected chi connectivity index (χ3v) is 4.46. The SMILES string of the molecule is Cc1ccc(NC(=O)C2(c3cccc(Br)c3)CC2)c(O)c1. The Morgan fingerprint density at radius 3 is 2.62 bits per heavy atom. The van der Waals surface area contributed by atoms with Gasteiger partial charge in [0.25, 0.3) is 0 Å². The zero-order valence-electron chi connectivity index (χ0n) is 11.7. The molecule has 21 heavy (non-hydrogen) atoms. The molecule has 1 fully saturated rings. The number of halogens is 1. The van der Waals surface area contributed by atoms with E-state index < -0.39 is 5.41 Å². The van der Waals surface area contributed by atoms with Crippen molar-refractivity contribution in [3.05, 3.63) is 58.1 Å². The van der Waals surface area contributed by atoms with Crippen LogP contribution in [0.15, 0.2) is 46.9 Å². The van der Waals surface area contributed by atoms with Gasteiger partial charge in [0, 0.05) is 4.47 Å². The second-order valence-corrected chi connectivity index (χ2v) is 6.48. The van der Waals surface area contributed by atoms with Gasteiger partial charge in [-0.15, -0.1) is 0 Å². The average Bonchev–Trinajstić information content (AvgIpc) is 3.23. The molecule has 1 aliphatic carbocycles. The Bertz CT molecular complexity index is 708. The number of carbonyl (C=O) groups is 1. The van der Waals surface area contributed by atoms with Crippen LogP contribution in [-0.4, -0.2) is 11.0 Å². The summed E-state index contributed by atoms with van der Waals surface area (Å²) in [5, 5.41) is 12.8. The van der Waals surface area contributed by atoms with E-state index in [1.165, 1.54) is 0 Å². The highest BCUT2D eigenvalue weighted by Crippen LogP contribution is 2.49. The fourth-order valence-corrected chi connectivity index (χ4v) is 2.95. The quantitative estimate of drug-likeness (QED) is 0.821. The Hall–Kier alpha value is -1.81. The van der Waals surface area contributed by atoms with Crippen LogP contribution in [0, 0.1) is 6.92 Å². The van der Waals surface area contributed by atoms with E-state index in [0.29, 0.717) is 5.69 Å². The van der Waals surface area contributed by atoms with E-state index in [1.54, 1.807) is 12.1 Å². The summed E-state index contributed by atoms with van der Waals surface area (Å²) in [7, 11) is 0. The summed E-state index contributed by atoms with van der Waals surface area (Å²) in [6.45, 7) is 1.90. The van der Waals surface area contributed by atoms with Gasteiger partial charge < -0.3 is 10.4 Å². The summed E-state index contributed by atoms with van der Waals surface area (Å²) in [5.41, 5.74) is 1.98. The number of carbonyl (C=O) groups excluding carboxylic acids is 1. The Balaban J connectivity index is 1.85. The molecule has 0 unspecified atom stereocenters. The number of aryl methyl sites for hydroxylation is 1. The number of phenolic OH excluding ortho intramolecular Hbond substituents is 1. The van der Waals surface area contributed by atoms with Crippen molar-refractivity contribution in [1.82, 2.24) is 0 Å². The first-order chi connectivity index (χ1) is 10.0. The van der Waals surface area contributed by atoms with Crippen molar-refractivity contribution in [2.75, 3.05) is 5.32 Å². The van der Waals surface area contributed by atoms with Gasteiger partial charge in [-0.25, -0.2) is 0 Å². The van der Waals surface area contributed by atoms with Crippen LogP contribution in [0.4, 0.5) is 5.69 Å². The monoisotopic (exact) mass is 345 g/mol. The van der Waals surface area contributed by atoms with E-state index in [1.807, 2.05) is 37.3 Å². The van der Waals surface area contributed by atoms with Crippen molar-refractivity contribution in [2.45, 2.75) is 25.2 Å². The van der Waals surface area contributed by atoms with E-state index in [-0.39, 0.29) is 11.7 Å². The molecule has 0 atom stereocenters. The van der Waals surface area contributed by atoms with E-state index >= 15 is 0 Å². The Morgan fingerprint density at radius 1 is 1.24 bits per heavy atom. The van der Waals surface area contributed by atoms with Gasteiger partial charge in [0.05, 0.1) is 11.1 Å². The first-order valence-electron chi connectivity index (χ1n) is 6.88. The maximum Gasteiger partial charge on any atom is 0.235 e. The molecule has 0 aromatic heterocycles. The van der Waals surface area contributed by atoms with E-state index in [9.17, 15) is 9.90 Å². The highest BCUT2D eigenvalue weighted by molar-refractivity contribution is 9.10. The van der Waals surface area contributed by atoms with E-state index in [0.717, 1.165) is 28.4 Å². The third-order valence-electron chi connectivity index (χ3n) is 3.96. The summed E-state index contributed by atoms with van der Waals surface area (Å²) in [6, 6.07) is 13.1. The molecule has 2 aromatic carbocycles. The number of benzene rings is 2. The van der Waals surface area contributed by atoms with Gasteiger partial charge in [0.15, 0.2) is 0 Å². The number of aromatic hydroxyl groups is 1. The van der Waals surface area contributed by atoms with Crippen molar-refractivity contribution in [1.29, 1.82) is 0 Å². The number of phenols is 1. The van der Waals surface area contributed by atoms with Crippen molar-refractivity contribution in [2.24, 2.45) is 0 Å². The lowest BCUT2D eigenvalue weighted by atomic mass is 9.95. The molecule has 2 aromatic rings. The van der Waals surface area contributed by atoms with Gasteiger partial charge in [0.2, 0.25) is 5.91 Å². The lowest BCUT2D eigenvalue weighted by molar-refractivity contribution is -0.118. The minimum Gasteiger partial charge on any atom is -0.506 e. The van der Waals surface area contributed by atoms with Gasteiger partial charge in [-0.1, -0.05) is 34.1 Å². The van der Waals surface area contributed by atoms with E-state index in [4.69, 9.17) is 0 Å². The molecule has 0 aliphatic heterocycles. The summed E-state index contributed by atoms with van der Waals surface area (Å²) in [5.74, 6) is 0.0492. The molecule has 1 amide bonds. The first kappa shape index (κ1) is 14.1. The molecule has 3 rings (SSSR count). The number of amides is 1. The van der Waals surface area contributed by atoms with Gasteiger partial charge >= 0.3 is 0 Å². The standard InChI is InChI=1S/C17H16BrNO2/c1-11-5-6-14(15(20)9-11)19-16(21)17(7-8-17)12-3-2-4-13(18)10-12/h2-6,9-10,20H,7-8H2,1H3,(H,19,21). The third kappa shape index (κ3) is 2.68. The molecule has 0 saturated heterocycles. The molecule has 0 spiro atoms.